The quantitative estimate of drug-likeness (QED) is 0.583. The van der Waals surface area contributed by atoms with E-state index < -0.39 is 0 Å². The smallest absolute Gasteiger partial charge is 0.314 e. The molecule has 1 N–H and O–H groups in total. The maximum absolute atomic E-state index is 12.4. The van der Waals surface area contributed by atoms with Gasteiger partial charge in [0.25, 0.3) is 0 Å². The molecule has 0 bridgehead atoms. The number of benzene rings is 2. The van der Waals surface area contributed by atoms with Crippen LogP contribution in [0.3, 0.4) is 0 Å². The normalized spacial score (nSPS) is 18.6. The predicted molar refractivity (Wildman–Crippen MR) is 104 cm³/mol. The van der Waals surface area contributed by atoms with Gasteiger partial charge in [-0.2, -0.15) is 0 Å². The molecule has 2 aromatic rings. The van der Waals surface area contributed by atoms with Gasteiger partial charge in [0.05, 0.1) is 26.1 Å². The summed E-state index contributed by atoms with van der Waals surface area (Å²) < 4.78 is 20.8. The molecule has 0 aliphatic heterocycles. The van der Waals surface area contributed by atoms with Crippen molar-refractivity contribution in [3.8, 4) is 28.7 Å². The van der Waals surface area contributed by atoms with Crippen LogP contribution in [0.15, 0.2) is 42.5 Å². The minimum Gasteiger partial charge on any atom is -0.504 e. The molecule has 1 fully saturated rings. The molecule has 0 amide bonds. The molecular formula is C22H24O7. The van der Waals surface area contributed by atoms with Gasteiger partial charge in [0.1, 0.15) is 17.2 Å². The molecule has 0 aromatic heterocycles. The SMILES string of the molecule is COc1ccc(OC(=O)C2CCC(C(=O)Oc3ccc(OC)c(O)c3)CC2)cc1. The first-order valence-electron chi connectivity index (χ1n) is 9.44. The average molecular weight is 400 g/mol. The van der Waals surface area contributed by atoms with Crippen molar-refractivity contribution in [2.24, 2.45) is 11.8 Å². The molecule has 154 valence electrons. The first-order chi connectivity index (χ1) is 14.0. The summed E-state index contributed by atoms with van der Waals surface area (Å²) in [6.45, 7) is 0. The second-order valence-corrected chi connectivity index (χ2v) is 6.90. The molecule has 0 spiro atoms. The van der Waals surface area contributed by atoms with E-state index in [0.717, 1.165) is 0 Å². The molecule has 3 rings (SSSR count). The van der Waals surface area contributed by atoms with Crippen molar-refractivity contribution in [3.63, 3.8) is 0 Å². The third kappa shape index (κ3) is 5.19. The van der Waals surface area contributed by atoms with Crippen LogP contribution in [0.5, 0.6) is 28.7 Å². The van der Waals surface area contributed by atoms with Crippen LogP contribution in [0.2, 0.25) is 0 Å². The van der Waals surface area contributed by atoms with Crippen molar-refractivity contribution < 1.29 is 33.6 Å². The summed E-state index contributed by atoms with van der Waals surface area (Å²) in [7, 11) is 3.01. The Balaban J connectivity index is 1.49. The fourth-order valence-corrected chi connectivity index (χ4v) is 3.34. The minimum atomic E-state index is -0.364. The van der Waals surface area contributed by atoms with Crippen LogP contribution in [0, 0.1) is 11.8 Å². The second-order valence-electron chi connectivity index (χ2n) is 6.90. The zero-order valence-electron chi connectivity index (χ0n) is 16.4. The summed E-state index contributed by atoms with van der Waals surface area (Å²) in [5.41, 5.74) is 0. The summed E-state index contributed by atoms with van der Waals surface area (Å²) in [5.74, 6) is 0.442. The Bertz CT molecular complexity index is 852. The van der Waals surface area contributed by atoms with Gasteiger partial charge in [-0.05, 0) is 62.1 Å². The van der Waals surface area contributed by atoms with Gasteiger partial charge in [-0.25, -0.2) is 0 Å². The molecule has 0 saturated heterocycles. The molecule has 2 aromatic carbocycles. The van der Waals surface area contributed by atoms with Crippen LogP contribution >= 0.6 is 0 Å². The number of aromatic hydroxyl groups is 1. The third-order valence-electron chi connectivity index (χ3n) is 5.04. The number of phenolic OH excluding ortho intramolecular Hbond substituents is 1. The van der Waals surface area contributed by atoms with Crippen LogP contribution in [0.1, 0.15) is 25.7 Å². The van der Waals surface area contributed by atoms with Gasteiger partial charge >= 0.3 is 11.9 Å². The van der Waals surface area contributed by atoms with Crippen LogP contribution < -0.4 is 18.9 Å². The number of esters is 2. The number of rotatable bonds is 6. The largest absolute Gasteiger partial charge is 0.504 e. The van der Waals surface area contributed by atoms with Gasteiger partial charge in [0, 0.05) is 6.07 Å². The van der Waals surface area contributed by atoms with Gasteiger partial charge in [0.2, 0.25) is 0 Å². The second kappa shape index (κ2) is 9.32. The Morgan fingerprint density at radius 2 is 1.24 bits per heavy atom. The molecule has 29 heavy (non-hydrogen) atoms. The number of ether oxygens (including phenoxy) is 4. The number of methoxy groups -OCH3 is 2. The van der Waals surface area contributed by atoms with Crippen molar-refractivity contribution >= 4 is 11.9 Å². The molecule has 0 heterocycles. The van der Waals surface area contributed by atoms with Crippen LogP contribution in [0.4, 0.5) is 0 Å². The van der Waals surface area contributed by atoms with Gasteiger partial charge < -0.3 is 24.1 Å². The van der Waals surface area contributed by atoms with Crippen molar-refractivity contribution in [1.82, 2.24) is 0 Å². The molecular weight excluding hydrogens is 376 g/mol. The van der Waals surface area contributed by atoms with E-state index in [1.165, 1.54) is 19.2 Å². The molecule has 0 atom stereocenters. The van der Waals surface area contributed by atoms with Gasteiger partial charge in [0.15, 0.2) is 11.5 Å². The highest BCUT2D eigenvalue weighted by atomic mass is 16.5. The minimum absolute atomic E-state index is 0.0946. The monoisotopic (exact) mass is 400 g/mol. The Kier molecular flexibility index (Phi) is 6.59. The number of carbonyl (C=O) groups excluding carboxylic acids is 2. The predicted octanol–water partition coefficient (Wildman–Crippen LogP) is 3.73. The molecule has 0 unspecified atom stereocenters. The Hall–Kier alpha value is -3.22. The number of phenols is 1. The Morgan fingerprint density at radius 1 is 0.759 bits per heavy atom. The molecule has 7 heteroatoms. The van der Waals surface area contributed by atoms with E-state index in [9.17, 15) is 14.7 Å². The zero-order chi connectivity index (χ0) is 20.8. The highest BCUT2D eigenvalue weighted by Crippen LogP contribution is 2.33. The van der Waals surface area contributed by atoms with Crippen LogP contribution in [0.25, 0.3) is 0 Å². The van der Waals surface area contributed by atoms with E-state index in [1.807, 2.05) is 0 Å². The summed E-state index contributed by atoms with van der Waals surface area (Å²) >= 11 is 0. The molecule has 1 aliphatic rings. The molecule has 0 radical (unpaired) electrons. The lowest BCUT2D eigenvalue weighted by Crippen LogP contribution is -2.30. The van der Waals surface area contributed by atoms with E-state index in [0.29, 0.717) is 42.9 Å². The van der Waals surface area contributed by atoms with E-state index in [-0.39, 0.29) is 35.3 Å². The topological polar surface area (TPSA) is 91.3 Å². The highest BCUT2D eigenvalue weighted by Gasteiger charge is 2.32. The average Bonchev–Trinajstić information content (AvgIpc) is 2.74. The van der Waals surface area contributed by atoms with E-state index in [4.69, 9.17) is 18.9 Å². The van der Waals surface area contributed by atoms with Crippen molar-refractivity contribution in [1.29, 1.82) is 0 Å². The summed E-state index contributed by atoms with van der Waals surface area (Å²) in [6, 6.07) is 11.3. The first-order valence-corrected chi connectivity index (χ1v) is 9.44. The third-order valence-corrected chi connectivity index (χ3v) is 5.04. The fraction of sp³-hybridized carbons (Fsp3) is 0.364. The molecule has 1 aliphatic carbocycles. The van der Waals surface area contributed by atoms with Crippen molar-refractivity contribution in [2.75, 3.05) is 14.2 Å². The van der Waals surface area contributed by atoms with Gasteiger partial charge in [-0.15, -0.1) is 0 Å². The van der Waals surface area contributed by atoms with E-state index >= 15 is 0 Å². The lowest BCUT2D eigenvalue weighted by Gasteiger charge is -2.25. The highest BCUT2D eigenvalue weighted by molar-refractivity contribution is 5.78. The van der Waals surface area contributed by atoms with E-state index in [1.54, 1.807) is 37.4 Å². The van der Waals surface area contributed by atoms with Gasteiger partial charge in [-0.3, -0.25) is 9.59 Å². The Labute approximate surface area is 169 Å². The molecule has 7 nitrogen and oxygen atoms in total. The lowest BCUT2D eigenvalue weighted by molar-refractivity contribution is -0.145. The Morgan fingerprint density at radius 3 is 1.72 bits per heavy atom. The lowest BCUT2D eigenvalue weighted by atomic mass is 9.82. The maximum Gasteiger partial charge on any atom is 0.314 e. The zero-order valence-corrected chi connectivity index (χ0v) is 16.4. The van der Waals surface area contributed by atoms with Crippen molar-refractivity contribution in [2.45, 2.75) is 25.7 Å². The fourth-order valence-electron chi connectivity index (χ4n) is 3.34. The molecule has 1 saturated carbocycles. The standard InChI is InChI=1S/C22H24O7/c1-26-16-7-9-17(10-8-16)28-21(24)14-3-5-15(6-4-14)22(25)29-18-11-12-20(27-2)19(23)13-18/h7-15,23H,3-6H2,1-2H3. The van der Waals surface area contributed by atoms with Crippen LogP contribution in [-0.4, -0.2) is 31.3 Å². The summed E-state index contributed by atoms with van der Waals surface area (Å²) in [6.07, 6.45) is 2.21. The van der Waals surface area contributed by atoms with Crippen molar-refractivity contribution in [3.05, 3.63) is 42.5 Å². The van der Waals surface area contributed by atoms with Gasteiger partial charge in [-0.1, -0.05) is 0 Å². The van der Waals surface area contributed by atoms with E-state index in [2.05, 4.69) is 0 Å². The number of hydrogen-bond acceptors (Lipinski definition) is 7. The number of hydrogen-bond donors (Lipinski definition) is 1. The van der Waals surface area contributed by atoms with Crippen LogP contribution in [-0.2, 0) is 9.59 Å². The summed E-state index contributed by atoms with van der Waals surface area (Å²) in [4.78, 5) is 24.8. The first kappa shape index (κ1) is 20.5. The maximum atomic E-state index is 12.4. The summed E-state index contributed by atoms with van der Waals surface area (Å²) in [5, 5.41) is 9.79. The number of carbonyl (C=O) groups is 2.